The minimum Gasteiger partial charge on any atom is -0.492 e. The molecular formula is C12H15Cl2NO. The summed E-state index contributed by atoms with van der Waals surface area (Å²) >= 11 is 12.2. The molecule has 1 atom stereocenters. The van der Waals surface area contributed by atoms with Gasteiger partial charge in [0.25, 0.3) is 0 Å². The zero-order valence-corrected chi connectivity index (χ0v) is 10.7. The van der Waals surface area contributed by atoms with Crippen LogP contribution in [-0.2, 0) is 0 Å². The van der Waals surface area contributed by atoms with E-state index in [2.05, 4.69) is 12.2 Å². The SMILES string of the molecule is CCNC1CCCOc2c1ccc(Cl)c2Cl. The van der Waals surface area contributed by atoms with E-state index in [0.29, 0.717) is 22.7 Å². The molecule has 0 saturated carbocycles. The molecule has 1 unspecified atom stereocenters. The first kappa shape index (κ1) is 12.0. The molecule has 1 aliphatic rings. The van der Waals surface area contributed by atoms with Gasteiger partial charge < -0.3 is 10.1 Å². The molecular weight excluding hydrogens is 245 g/mol. The van der Waals surface area contributed by atoms with E-state index in [0.717, 1.165) is 30.7 Å². The van der Waals surface area contributed by atoms with Gasteiger partial charge in [-0.2, -0.15) is 0 Å². The van der Waals surface area contributed by atoms with Crippen molar-refractivity contribution in [3.63, 3.8) is 0 Å². The maximum Gasteiger partial charge on any atom is 0.144 e. The standard InChI is InChI=1S/C12H15Cl2NO/c1-2-15-10-4-3-7-16-12-8(10)5-6-9(13)11(12)14/h5-6,10,15H,2-4,7H2,1H3. The fourth-order valence-electron chi connectivity index (χ4n) is 2.04. The van der Waals surface area contributed by atoms with Crippen LogP contribution in [0.5, 0.6) is 5.75 Å². The van der Waals surface area contributed by atoms with Gasteiger partial charge in [0.2, 0.25) is 0 Å². The molecule has 0 fully saturated rings. The maximum absolute atomic E-state index is 6.16. The van der Waals surface area contributed by atoms with Crippen LogP contribution < -0.4 is 10.1 Å². The summed E-state index contributed by atoms with van der Waals surface area (Å²) < 4.78 is 5.68. The summed E-state index contributed by atoms with van der Waals surface area (Å²) in [6.45, 7) is 3.74. The van der Waals surface area contributed by atoms with Gasteiger partial charge in [-0.3, -0.25) is 0 Å². The molecule has 1 N–H and O–H groups in total. The number of nitrogens with one attached hydrogen (secondary N) is 1. The average Bonchev–Trinajstić information content (AvgIpc) is 2.48. The van der Waals surface area contributed by atoms with Gasteiger partial charge in [0, 0.05) is 11.6 Å². The van der Waals surface area contributed by atoms with Crippen LogP contribution in [0.3, 0.4) is 0 Å². The quantitative estimate of drug-likeness (QED) is 0.872. The van der Waals surface area contributed by atoms with Crippen molar-refractivity contribution in [3.05, 3.63) is 27.7 Å². The second kappa shape index (κ2) is 5.26. The molecule has 4 heteroatoms. The van der Waals surface area contributed by atoms with Gasteiger partial charge in [-0.05, 0) is 25.5 Å². The Labute approximate surface area is 106 Å². The van der Waals surface area contributed by atoms with Gasteiger partial charge >= 0.3 is 0 Å². The molecule has 0 aliphatic carbocycles. The van der Waals surface area contributed by atoms with E-state index in [1.807, 2.05) is 12.1 Å². The van der Waals surface area contributed by atoms with Crippen LogP contribution in [0, 0.1) is 0 Å². The van der Waals surface area contributed by atoms with Crippen molar-refractivity contribution in [2.24, 2.45) is 0 Å². The number of benzene rings is 1. The Kier molecular flexibility index (Phi) is 3.95. The zero-order chi connectivity index (χ0) is 11.5. The van der Waals surface area contributed by atoms with Gasteiger partial charge in [-0.15, -0.1) is 0 Å². The number of hydrogen-bond donors (Lipinski definition) is 1. The van der Waals surface area contributed by atoms with Crippen LogP contribution in [0.1, 0.15) is 31.4 Å². The van der Waals surface area contributed by atoms with E-state index >= 15 is 0 Å². The Bertz CT molecular complexity index is 382. The lowest BCUT2D eigenvalue weighted by atomic mass is 10.0. The van der Waals surface area contributed by atoms with E-state index in [-0.39, 0.29) is 0 Å². The third kappa shape index (κ3) is 2.29. The monoisotopic (exact) mass is 259 g/mol. The normalized spacial score (nSPS) is 19.8. The average molecular weight is 260 g/mol. The molecule has 2 rings (SSSR count). The molecule has 0 aromatic heterocycles. The fraction of sp³-hybridized carbons (Fsp3) is 0.500. The Hall–Kier alpha value is -0.440. The predicted octanol–water partition coefficient (Wildman–Crippen LogP) is 3.82. The fourth-order valence-corrected chi connectivity index (χ4v) is 2.42. The van der Waals surface area contributed by atoms with Crippen LogP contribution in [-0.4, -0.2) is 13.2 Å². The van der Waals surface area contributed by atoms with Crippen LogP contribution in [0.15, 0.2) is 12.1 Å². The molecule has 16 heavy (non-hydrogen) atoms. The highest BCUT2D eigenvalue weighted by Crippen LogP contribution is 2.40. The van der Waals surface area contributed by atoms with Gasteiger partial charge in [0.1, 0.15) is 10.8 Å². The van der Waals surface area contributed by atoms with Crippen LogP contribution in [0.4, 0.5) is 0 Å². The number of halogens is 2. The van der Waals surface area contributed by atoms with E-state index in [9.17, 15) is 0 Å². The van der Waals surface area contributed by atoms with Crippen molar-refractivity contribution < 1.29 is 4.74 Å². The van der Waals surface area contributed by atoms with E-state index in [4.69, 9.17) is 27.9 Å². The second-order valence-electron chi connectivity index (χ2n) is 3.88. The number of fused-ring (bicyclic) bond motifs is 1. The van der Waals surface area contributed by atoms with Crippen molar-refractivity contribution in [2.45, 2.75) is 25.8 Å². The summed E-state index contributed by atoms with van der Waals surface area (Å²) in [5.41, 5.74) is 1.12. The highest BCUT2D eigenvalue weighted by Gasteiger charge is 2.22. The lowest BCUT2D eigenvalue weighted by Crippen LogP contribution is -2.20. The first-order valence-electron chi connectivity index (χ1n) is 5.58. The number of rotatable bonds is 2. The molecule has 1 aromatic carbocycles. The lowest BCUT2D eigenvalue weighted by molar-refractivity contribution is 0.315. The summed E-state index contributed by atoms with van der Waals surface area (Å²) in [4.78, 5) is 0. The van der Waals surface area contributed by atoms with E-state index < -0.39 is 0 Å². The number of ether oxygens (including phenoxy) is 1. The molecule has 0 saturated heterocycles. The molecule has 1 aliphatic heterocycles. The first-order chi connectivity index (χ1) is 7.74. The Morgan fingerprint density at radius 3 is 3.00 bits per heavy atom. The topological polar surface area (TPSA) is 21.3 Å². The Morgan fingerprint density at radius 1 is 1.44 bits per heavy atom. The molecule has 2 nitrogen and oxygen atoms in total. The third-order valence-corrected chi connectivity index (χ3v) is 3.58. The molecule has 0 spiro atoms. The molecule has 1 aromatic rings. The largest absolute Gasteiger partial charge is 0.492 e. The predicted molar refractivity (Wildman–Crippen MR) is 67.6 cm³/mol. The third-order valence-electron chi connectivity index (χ3n) is 2.79. The van der Waals surface area contributed by atoms with Crippen molar-refractivity contribution in [1.82, 2.24) is 5.32 Å². The summed E-state index contributed by atoms with van der Waals surface area (Å²) in [6.07, 6.45) is 2.10. The Morgan fingerprint density at radius 2 is 2.25 bits per heavy atom. The van der Waals surface area contributed by atoms with Crippen molar-refractivity contribution >= 4 is 23.2 Å². The summed E-state index contributed by atoms with van der Waals surface area (Å²) in [6, 6.07) is 4.15. The second-order valence-corrected chi connectivity index (χ2v) is 4.67. The first-order valence-corrected chi connectivity index (χ1v) is 6.33. The van der Waals surface area contributed by atoms with Crippen molar-refractivity contribution in [1.29, 1.82) is 0 Å². The lowest BCUT2D eigenvalue weighted by Gasteiger charge is -2.18. The highest BCUT2D eigenvalue weighted by molar-refractivity contribution is 6.43. The van der Waals surface area contributed by atoms with Crippen LogP contribution in [0.2, 0.25) is 10.0 Å². The molecule has 0 bridgehead atoms. The Balaban J connectivity index is 2.42. The van der Waals surface area contributed by atoms with Crippen molar-refractivity contribution in [3.8, 4) is 5.75 Å². The smallest absolute Gasteiger partial charge is 0.144 e. The minimum atomic E-state index is 0.317. The zero-order valence-electron chi connectivity index (χ0n) is 9.22. The van der Waals surface area contributed by atoms with Gasteiger partial charge in [0.05, 0.1) is 11.6 Å². The minimum absolute atomic E-state index is 0.317. The molecule has 1 heterocycles. The summed E-state index contributed by atoms with van der Waals surface area (Å²) in [7, 11) is 0. The summed E-state index contributed by atoms with van der Waals surface area (Å²) in [5.74, 6) is 0.748. The van der Waals surface area contributed by atoms with Gasteiger partial charge in [0.15, 0.2) is 0 Å². The van der Waals surface area contributed by atoms with E-state index in [1.165, 1.54) is 0 Å². The van der Waals surface area contributed by atoms with Crippen LogP contribution in [0.25, 0.3) is 0 Å². The highest BCUT2D eigenvalue weighted by atomic mass is 35.5. The van der Waals surface area contributed by atoms with E-state index in [1.54, 1.807) is 0 Å². The summed E-state index contributed by atoms with van der Waals surface area (Å²) in [5, 5.41) is 4.53. The molecule has 0 amide bonds. The molecule has 0 radical (unpaired) electrons. The van der Waals surface area contributed by atoms with Gasteiger partial charge in [-0.1, -0.05) is 36.2 Å². The molecule has 88 valence electrons. The van der Waals surface area contributed by atoms with Gasteiger partial charge in [-0.25, -0.2) is 0 Å². The van der Waals surface area contributed by atoms with Crippen molar-refractivity contribution in [2.75, 3.05) is 13.2 Å². The maximum atomic E-state index is 6.16. The number of hydrogen-bond acceptors (Lipinski definition) is 2. The van der Waals surface area contributed by atoms with Crippen LogP contribution >= 0.6 is 23.2 Å².